The van der Waals surface area contributed by atoms with Crippen LogP contribution in [0.25, 0.3) is 6.08 Å². The van der Waals surface area contributed by atoms with E-state index in [4.69, 9.17) is 14.7 Å². The third-order valence-electron chi connectivity index (χ3n) is 3.80. The molecule has 0 aliphatic heterocycles. The molecule has 134 valence electrons. The Bertz CT molecular complexity index is 784. The molecular formula is C22H23NO3. The number of unbranched alkanes of at least 4 members (excludes halogenated alkanes) is 2. The van der Waals surface area contributed by atoms with Gasteiger partial charge in [-0.1, -0.05) is 31.9 Å². The average Bonchev–Trinajstić information content (AvgIpc) is 2.67. The smallest absolute Gasteiger partial charge is 0.339 e. The number of rotatable bonds is 8. The summed E-state index contributed by atoms with van der Waals surface area (Å²) < 4.78 is 11.0. The molecule has 0 unspecified atom stereocenters. The molecule has 0 bridgehead atoms. The van der Waals surface area contributed by atoms with Crippen LogP contribution < -0.4 is 9.47 Å². The molecule has 2 rings (SSSR count). The highest BCUT2D eigenvalue weighted by atomic mass is 16.5. The van der Waals surface area contributed by atoms with Crippen LogP contribution in [0.4, 0.5) is 0 Å². The SMILES string of the molecule is CCCCCOc1ccc(OC(=O)C(C)=Cc2ccc(C#N)cc2)cc1. The fourth-order valence-electron chi connectivity index (χ4n) is 2.30. The van der Waals surface area contributed by atoms with Gasteiger partial charge in [0.2, 0.25) is 0 Å². The van der Waals surface area contributed by atoms with Crippen molar-refractivity contribution in [2.75, 3.05) is 6.61 Å². The Balaban J connectivity index is 1.91. The molecule has 0 spiro atoms. The molecule has 0 aliphatic rings. The van der Waals surface area contributed by atoms with E-state index in [2.05, 4.69) is 13.0 Å². The predicted molar refractivity (Wildman–Crippen MR) is 102 cm³/mol. The first-order valence-corrected chi connectivity index (χ1v) is 8.76. The summed E-state index contributed by atoms with van der Waals surface area (Å²) in [6.07, 6.45) is 5.08. The third kappa shape index (κ3) is 6.10. The second-order valence-electron chi connectivity index (χ2n) is 5.98. The molecule has 0 N–H and O–H groups in total. The van der Waals surface area contributed by atoms with Crippen molar-refractivity contribution in [1.82, 2.24) is 0 Å². The Kier molecular flexibility index (Phi) is 7.45. The molecule has 4 heteroatoms. The van der Waals surface area contributed by atoms with Crippen molar-refractivity contribution >= 4 is 12.0 Å². The largest absolute Gasteiger partial charge is 0.494 e. The van der Waals surface area contributed by atoms with E-state index in [0.29, 0.717) is 23.5 Å². The van der Waals surface area contributed by atoms with E-state index in [0.717, 1.165) is 30.6 Å². The maximum Gasteiger partial charge on any atom is 0.339 e. The van der Waals surface area contributed by atoms with Gasteiger partial charge in [0.15, 0.2) is 0 Å². The molecule has 0 amide bonds. The minimum atomic E-state index is -0.411. The minimum absolute atomic E-state index is 0.411. The van der Waals surface area contributed by atoms with E-state index in [-0.39, 0.29) is 0 Å². The van der Waals surface area contributed by atoms with Gasteiger partial charge in [-0.05, 0) is 61.4 Å². The Morgan fingerprint density at radius 2 is 1.69 bits per heavy atom. The highest BCUT2D eigenvalue weighted by Crippen LogP contribution is 2.19. The molecule has 0 aliphatic carbocycles. The molecule has 0 aromatic heterocycles. The van der Waals surface area contributed by atoms with Gasteiger partial charge in [0.05, 0.1) is 18.2 Å². The van der Waals surface area contributed by atoms with Crippen molar-refractivity contribution in [3.8, 4) is 17.6 Å². The molecule has 4 nitrogen and oxygen atoms in total. The van der Waals surface area contributed by atoms with Gasteiger partial charge < -0.3 is 9.47 Å². The maximum atomic E-state index is 12.2. The summed E-state index contributed by atoms with van der Waals surface area (Å²) in [7, 11) is 0. The van der Waals surface area contributed by atoms with Gasteiger partial charge >= 0.3 is 5.97 Å². The van der Waals surface area contributed by atoms with Crippen LogP contribution in [0, 0.1) is 11.3 Å². The number of nitriles is 1. The second-order valence-corrected chi connectivity index (χ2v) is 5.98. The lowest BCUT2D eigenvalue weighted by atomic mass is 10.1. The van der Waals surface area contributed by atoms with Gasteiger partial charge in [0.25, 0.3) is 0 Å². The van der Waals surface area contributed by atoms with Gasteiger partial charge in [-0.15, -0.1) is 0 Å². The first-order chi connectivity index (χ1) is 12.6. The van der Waals surface area contributed by atoms with Gasteiger partial charge in [-0.25, -0.2) is 4.79 Å². The van der Waals surface area contributed by atoms with E-state index in [1.807, 2.05) is 0 Å². The van der Waals surface area contributed by atoms with Crippen LogP contribution in [0.1, 0.15) is 44.2 Å². The molecule has 26 heavy (non-hydrogen) atoms. The van der Waals surface area contributed by atoms with E-state index in [1.54, 1.807) is 61.5 Å². The molecule has 2 aromatic rings. The van der Waals surface area contributed by atoms with Crippen LogP contribution in [-0.4, -0.2) is 12.6 Å². The summed E-state index contributed by atoms with van der Waals surface area (Å²) in [5.41, 5.74) is 1.91. The van der Waals surface area contributed by atoms with Crippen LogP contribution >= 0.6 is 0 Å². The van der Waals surface area contributed by atoms with Crippen LogP contribution in [0.5, 0.6) is 11.5 Å². The summed E-state index contributed by atoms with van der Waals surface area (Å²) in [6.45, 7) is 4.55. The van der Waals surface area contributed by atoms with Gasteiger partial charge in [0.1, 0.15) is 11.5 Å². The fraction of sp³-hybridized carbons (Fsp3) is 0.273. The van der Waals surface area contributed by atoms with Crippen molar-refractivity contribution in [3.05, 3.63) is 65.2 Å². The van der Waals surface area contributed by atoms with Crippen LogP contribution in [0.15, 0.2) is 54.1 Å². The lowest BCUT2D eigenvalue weighted by Gasteiger charge is -2.08. The van der Waals surface area contributed by atoms with Crippen molar-refractivity contribution in [2.24, 2.45) is 0 Å². The second kappa shape index (κ2) is 10.0. The molecule has 0 heterocycles. The van der Waals surface area contributed by atoms with E-state index < -0.39 is 5.97 Å². The molecule has 0 saturated heterocycles. The van der Waals surface area contributed by atoms with E-state index >= 15 is 0 Å². The maximum absolute atomic E-state index is 12.2. The normalized spacial score (nSPS) is 10.9. The lowest BCUT2D eigenvalue weighted by molar-refractivity contribution is -0.130. The summed E-state index contributed by atoms with van der Waals surface area (Å²) >= 11 is 0. The lowest BCUT2D eigenvalue weighted by Crippen LogP contribution is -2.09. The monoisotopic (exact) mass is 349 g/mol. The average molecular weight is 349 g/mol. The van der Waals surface area contributed by atoms with E-state index in [1.165, 1.54) is 0 Å². The summed E-state index contributed by atoms with van der Waals surface area (Å²) in [6, 6.07) is 16.1. The number of ether oxygens (including phenoxy) is 2. The predicted octanol–water partition coefficient (Wildman–Crippen LogP) is 5.14. The Morgan fingerprint density at radius 1 is 1.04 bits per heavy atom. The molecule has 2 aromatic carbocycles. The Hall–Kier alpha value is -3.06. The fourth-order valence-corrected chi connectivity index (χ4v) is 2.30. The van der Waals surface area contributed by atoms with Crippen LogP contribution in [-0.2, 0) is 4.79 Å². The molecule has 0 radical (unpaired) electrons. The number of hydrogen-bond acceptors (Lipinski definition) is 4. The quantitative estimate of drug-likeness (QED) is 0.287. The number of nitrogens with zero attached hydrogens (tertiary/aromatic N) is 1. The van der Waals surface area contributed by atoms with Crippen molar-refractivity contribution < 1.29 is 14.3 Å². The highest BCUT2D eigenvalue weighted by molar-refractivity contribution is 5.94. The Labute approximate surface area is 154 Å². The number of carbonyl (C=O) groups is 1. The summed E-state index contributed by atoms with van der Waals surface area (Å²) in [5, 5.41) is 8.81. The first-order valence-electron chi connectivity index (χ1n) is 8.76. The molecular weight excluding hydrogens is 326 g/mol. The zero-order chi connectivity index (χ0) is 18.8. The van der Waals surface area contributed by atoms with Gasteiger partial charge in [-0.3, -0.25) is 0 Å². The van der Waals surface area contributed by atoms with E-state index in [9.17, 15) is 4.79 Å². The zero-order valence-electron chi connectivity index (χ0n) is 15.2. The number of carbonyl (C=O) groups excluding carboxylic acids is 1. The molecule has 0 fully saturated rings. The highest BCUT2D eigenvalue weighted by Gasteiger charge is 2.08. The standard InChI is InChI=1S/C22H23NO3/c1-3-4-5-14-25-20-10-12-21(13-11-20)26-22(24)17(2)15-18-6-8-19(16-23)9-7-18/h6-13,15H,3-5,14H2,1-2H3. The molecule has 0 atom stereocenters. The minimum Gasteiger partial charge on any atom is -0.494 e. The zero-order valence-corrected chi connectivity index (χ0v) is 15.2. The van der Waals surface area contributed by atoms with Crippen molar-refractivity contribution in [2.45, 2.75) is 33.1 Å². The molecule has 0 saturated carbocycles. The number of hydrogen-bond donors (Lipinski definition) is 0. The number of esters is 1. The topological polar surface area (TPSA) is 59.3 Å². The van der Waals surface area contributed by atoms with Gasteiger partial charge in [0, 0.05) is 5.57 Å². The number of benzene rings is 2. The van der Waals surface area contributed by atoms with Gasteiger partial charge in [-0.2, -0.15) is 5.26 Å². The summed E-state index contributed by atoms with van der Waals surface area (Å²) in [5.74, 6) is 0.834. The van der Waals surface area contributed by atoms with Crippen LogP contribution in [0.3, 0.4) is 0 Å². The van der Waals surface area contributed by atoms with Crippen LogP contribution in [0.2, 0.25) is 0 Å². The first kappa shape index (κ1) is 19.3. The third-order valence-corrected chi connectivity index (χ3v) is 3.80. The summed E-state index contributed by atoms with van der Waals surface area (Å²) in [4.78, 5) is 12.2. The van der Waals surface area contributed by atoms with Crippen molar-refractivity contribution in [3.63, 3.8) is 0 Å². The Morgan fingerprint density at radius 3 is 2.31 bits per heavy atom. The van der Waals surface area contributed by atoms with Crippen molar-refractivity contribution in [1.29, 1.82) is 5.26 Å².